The van der Waals surface area contributed by atoms with Crippen molar-refractivity contribution in [2.75, 3.05) is 33.9 Å². The summed E-state index contributed by atoms with van der Waals surface area (Å²) in [5.41, 5.74) is 1.11. The number of methoxy groups -OCH3 is 2. The molecule has 0 aliphatic rings. The van der Waals surface area contributed by atoms with Crippen LogP contribution in [0.3, 0.4) is 0 Å². The smallest absolute Gasteiger partial charge is 0.159 e. The fourth-order valence-electron chi connectivity index (χ4n) is 1.40. The lowest BCUT2D eigenvalue weighted by molar-refractivity contribution is 0.199. The molecule has 0 spiro atoms. The molecule has 0 aliphatic heterocycles. The summed E-state index contributed by atoms with van der Waals surface area (Å²) in [4.78, 5) is 0. The van der Waals surface area contributed by atoms with Gasteiger partial charge in [-0.2, -0.15) is 5.10 Å². The van der Waals surface area contributed by atoms with E-state index in [1.165, 1.54) is 0 Å². The van der Waals surface area contributed by atoms with E-state index >= 15 is 0 Å². The molecule has 0 saturated carbocycles. The molecule has 1 N–H and O–H groups in total. The Hall–Kier alpha value is -1.07. The van der Waals surface area contributed by atoms with Gasteiger partial charge in [-0.1, -0.05) is 0 Å². The Bertz CT molecular complexity index is 286. The molecule has 1 aromatic heterocycles. The van der Waals surface area contributed by atoms with Crippen molar-refractivity contribution in [3.05, 3.63) is 11.9 Å². The van der Waals surface area contributed by atoms with Crippen molar-refractivity contribution >= 4 is 0 Å². The van der Waals surface area contributed by atoms with E-state index < -0.39 is 0 Å². The van der Waals surface area contributed by atoms with Gasteiger partial charge < -0.3 is 14.8 Å². The van der Waals surface area contributed by atoms with E-state index in [4.69, 9.17) is 9.47 Å². The molecule has 1 heterocycles. The molecule has 5 heteroatoms. The predicted octanol–water partition coefficient (Wildman–Crippen LogP) is 0.207. The standard InChI is InChI=1S/C10H19N3O2/c1-13-9(10(15-3)8-12-13)4-5-11-6-7-14-2/h8,11H,4-7H2,1-3H3. The van der Waals surface area contributed by atoms with Crippen LogP contribution in [0.2, 0.25) is 0 Å². The normalized spacial score (nSPS) is 10.6. The van der Waals surface area contributed by atoms with Gasteiger partial charge in [-0.05, 0) is 0 Å². The van der Waals surface area contributed by atoms with Gasteiger partial charge in [-0.25, -0.2) is 0 Å². The molecule has 86 valence electrons. The molecule has 0 fully saturated rings. The molecule has 0 aliphatic carbocycles. The van der Waals surface area contributed by atoms with Crippen LogP contribution in [0.1, 0.15) is 5.69 Å². The van der Waals surface area contributed by atoms with Crippen LogP contribution in [0.4, 0.5) is 0 Å². The van der Waals surface area contributed by atoms with Gasteiger partial charge >= 0.3 is 0 Å². The second kappa shape index (κ2) is 6.42. The maximum Gasteiger partial charge on any atom is 0.159 e. The molecule has 1 rings (SSSR count). The zero-order chi connectivity index (χ0) is 11.1. The monoisotopic (exact) mass is 213 g/mol. The van der Waals surface area contributed by atoms with Crippen LogP contribution in [0.15, 0.2) is 6.20 Å². The first-order valence-corrected chi connectivity index (χ1v) is 5.04. The first kappa shape index (κ1) is 12.0. The molecule has 0 bridgehead atoms. The fourth-order valence-corrected chi connectivity index (χ4v) is 1.40. The molecule has 5 nitrogen and oxygen atoms in total. The van der Waals surface area contributed by atoms with Crippen LogP contribution in [-0.4, -0.2) is 43.7 Å². The van der Waals surface area contributed by atoms with Crippen molar-refractivity contribution in [3.63, 3.8) is 0 Å². The summed E-state index contributed by atoms with van der Waals surface area (Å²) in [6.45, 7) is 2.51. The summed E-state index contributed by atoms with van der Waals surface area (Å²) in [7, 11) is 5.29. The Labute approximate surface area is 90.4 Å². The predicted molar refractivity (Wildman–Crippen MR) is 58.2 cm³/mol. The molecule has 0 amide bonds. The zero-order valence-corrected chi connectivity index (χ0v) is 9.62. The van der Waals surface area contributed by atoms with Gasteiger partial charge in [0, 0.05) is 33.7 Å². The van der Waals surface area contributed by atoms with Crippen LogP contribution in [0.5, 0.6) is 5.75 Å². The Balaban J connectivity index is 2.33. The highest BCUT2D eigenvalue weighted by molar-refractivity contribution is 5.25. The number of hydrogen-bond acceptors (Lipinski definition) is 4. The Morgan fingerprint density at radius 1 is 1.40 bits per heavy atom. The first-order valence-electron chi connectivity index (χ1n) is 5.04. The van der Waals surface area contributed by atoms with E-state index in [-0.39, 0.29) is 0 Å². The van der Waals surface area contributed by atoms with Gasteiger partial charge in [0.2, 0.25) is 0 Å². The number of nitrogens with one attached hydrogen (secondary N) is 1. The molecule has 0 aromatic carbocycles. The summed E-state index contributed by atoms with van der Waals surface area (Å²) >= 11 is 0. The van der Waals surface area contributed by atoms with Crippen LogP contribution in [0, 0.1) is 0 Å². The van der Waals surface area contributed by atoms with Crippen molar-refractivity contribution in [2.45, 2.75) is 6.42 Å². The lowest BCUT2D eigenvalue weighted by atomic mass is 10.3. The van der Waals surface area contributed by atoms with Crippen molar-refractivity contribution in [3.8, 4) is 5.75 Å². The third kappa shape index (κ3) is 3.53. The van der Waals surface area contributed by atoms with Gasteiger partial charge in [0.15, 0.2) is 5.75 Å². The van der Waals surface area contributed by atoms with E-state index in [0.29, 0.717) is 0 Å². The molecule has 1 aromatic rings. The van der Waals surface area contributed by atoms with E-state index in [9.17, 15) is 0 Å². The topological polar surface area (TPSA) is 48.3 Å². The van der Waals surface area contributed by atoms with E-state index in [0.717, 1.165) is 37.6 Å². The second-order valence-corrected chi connectivity index (χ2v) is 3.28. The van der Waals surface area contributed by atoms with Crippen LogP contribution >= 0.6 is 0 Å². The fraction of sp³-hybridized carbons (Fsp3) is 0.700. The Morgan fingerprint density at radius 2 is 2.20 bits per heavy atom. The summed E-state index contributed by atoms with van der Waals surface area (Å²) < 4.78 is 12.0. The minimum absolute atomic E-state index is 0.739. The van der Waals surface area contributed by atoms with Gasteiger partial charge in [0.1, 0.15) is 0 Å². The van der Waals surface area contributed by atoms with Crippen molar-refractivity contribution in [1.82, 2.24) is 15.1 Å². The van der Waals surface area contributed by atoms with Crippen molar-refractivity contribution in [1.29, 1.82) is 0 Å². The number of aromatic nitrogens is 2. The highest BCUT2D eigenvalue weighted by atomic mass is 16.5. The molecular formula is C10H19N3O2. The maximum atomic E-state index is 5.21. The molecule has 0 saturated heterocycles. The first-order chi connectivity index (χ1) is 7.29. The number of hydrogen-bond donors (Lipinski definition) is 1. The molecular weight excluding hydrogens is 194 g/mol. The minimum atomic E-state index is 0.739. The number of nitrogens with zero attached hydrogens (tertiary/aromatic N) is 2. The Morgan fingerprint density at radius 3 is 2.87 bits per heavy atom. The SMILES string of the molecule is COCCNCCc1c(OC)cnn1C. The quantitative estimate of drug-likeness (QED) is 0.658. The van der Waals surface area contributed by atoms with Gasteiger partial charge in [0.05, 0.1) is 25.6 Å². The van der Waals surface area contributed by atoms with Crippen molar-refractivity contribution in [2.24, 2.45) is 7.05 Å². The third-order valence-electron chi connectivity index (χ3n) is 2.26. The molecule has 0 unspecified atom stereocenters. The van der Waals surface area contributed by atoms with Crippen LogP contribution < -0.4 is 10.1 Å². The average Bonchev–Trinajstić information content (AvgIpc) is 2.60. The highest BCUT2D eigenvalue weighted by Gasteiger charge is 2.07. The van der Waals surface area contributed by atoms with Gasteiger partial charge in [-0.15, -0.1) is 0 Å². The average molecular weight is 213 g/mol. The summed E-state index contributed by atoms with van der Waals surface area (Å²) in [5, 5.41) is 7.42. The Kier molecular flexibility index (Phi) is 5.14. The number of aryl methyl sites for hydroxylation is 1. The zero-order valence-electron chi connectivity index (χ0n) is 9.62. The molecule has 0 radical (unpaired) electrons. The number of ether oxygens (including phenoxy) is 2. The maximum absolute atomic E-state index is 5.21. The lowest BCUT2D eigenvalue weighted by Gasteiger charge is -2.06. The second-order valence-electron chi connectivity index (χ2n) is 3.28. The molecule has 15 heavy (non-hydrogen) atoms. The van der Waals surface area contributed by atoms with Crippen molar-refractivity contribution < 1.29 is 9.47 Å². The summed E-state index contributed by atoms with van der Waals surface area (Å²) in [6, 6.07) is 0. The third-order valence-corrected chi connectivity index (χ3v) is 2.26. The number of rotatable bonds is 7. The van der Waals surface area contributed by atoms with E-state index in [2.05, 4.69) is 10.4 Å². The molecule has 0 atom stereocenters. The van der Waals surface area contributed by atoms with Crippen LogP contribution in [0.25, 0.3) is 0 Å². The van der Waals surface area contributed by atoms with E-state index in [1.807, 2.05) is 11.7 Å². The largest absolute Gasteiger partial charge is 0.493 e. The van der Waals surface area contributed by atoms with Crippen LogP contribution in [-0.2, 0) is 18.2 Å². The summed E-state index contributed by atoms with van der Waals surface area (Å²) in [6.07, 6.45) is 2.65. The highest BCUT2D eigenvalue weighted by Crippen LogP contribution is 2.16. The lowest BCUT2D eigenvalue weighted by Crippen LogP contribution is -2.22. The van der Waals surface area contributed by atoms with E-state index in [1.54, 1.807) is 20.4 Å². The minimum Gasteiger partial charge on any atom is -0.493 e. The van der Waals surface area contributed by atoms with Gasteiger partial charge in [0.25, 0.3) is 0 Å². The summed E-state index contributed by atoms with van der Waals surface area (Å²) in [5.74, 6) is 0.853. The van der Waals surface area contributed by atoms with Gasteiger partial charge in [-0.3, -0.25) is 4.68 Å².